The summed E-state index contributed by atoms with van der Waals surface area (Å²) < 4.78 is 26.7. The van der Waals surface area contributed by atoms with Crippen LogP contribution in [0.4, 0.5) is 5.82 Å². The number of halogens is 2. The average Bonchev–Trinajstić information content (AvgIpc) is 2.27. The number of anilines is 1. The molecule has 0 amide bonds. The molecule has 1 aromatic carbocycles. The number of benzene rings is 1. The number of aryl methyl sites for hydroxylation is 1. The molecule has 0 aliphatic rings. The summed E-state index contributed by atoms with van der Waals surface area (Å²) in [6.45, 7) is 1.66. The van der Waals surface area contributed by atoms with Crippen molar-refractivity contribution < 1.29 is 8.42 Å². The predicted octanol–water partition coefficient (Wildman–Crippen LogP) is 2.89. The molecule has 0 atom stereocenters. The van der Waals surface area contributed by atoms with E-state index < -0.39 is 10.0 Å². The van der Waals surface area contributed by atoms with Gasteiger partial charge in [0.15, 0.2) is 0 Å². The van der Waals surface area contributed by atoms with Crippen molar-refractivity contribution in [3.05, 3.63) is 46.3 Å². The molecule has 0 spiro atoms. The van der Waals surface area contributed by atoms with Crippen molar-refractivity contribution in [3.63, 3.8) is 0 Å². The Bertz CT molecular complexity index is 720. The molecule has 0 radical (unpaired) electrons. The second-order valence-electron chi connectivity index (χ2n) is 3.73. The van der Waals surface area contributed by atoms with Crippen LogP contribution in [-0.2, 0) is 10.0 Å². The van der Waals surface area contributed by atoms with Gasteiger partial charge in [-0.05, 0) is 48.4 Å². The summed E-state index contributed by atoms with van der Waals surface area (Å²) in [7, 11) is -3.74. The fourth-order valence-electron chi connectivity index (χ4n) is 1.50. The van der Waals surface area contributed by atoms with Gasteiger partial charge < -0.3 is 0 Å². The lowest BCUT2D eigenvalue weighted by atomic mass is 10.2. The molecule has 5 nitrogen and oxygen atoms in total. The fraction of sp³-hybridized carbons (Fsp3) is 0.0909. The van der Waals surface area contributed by atoms with Crippen LogP contribution in [0.3, 0.4) is 0 Å². The maximum absolute atomic E-state index is 12.2. The monoisotopic (exact) mass is 317 g/mol. The molecule has 8 heteroatoms. The number of hydrogen-bond donors (Lipinski definition) is 1. The van der Waals surface area contributed by atoms with E-state index in [0.29, 0.717) is 10.6 Å². The number of rotatable bonds is 3. The first-order chi connectivity index (χ1) is 8.88. The third kappa shape index (κ3) is 3.34. The van der Waals surface area contributed by atoms with Gasteiger partial charge in [-0.15, -0.1) is 0 Å². The molecule has 0 unspecified atom stereocenters. The van der Waals surface area contributed by atoms with Crippen molar-refractivity contribution in [1.29, 1.82) is 0 Å². The third-order valence-electron chi connectivity index (χ3n) is 2.29. The Labute approximate surface area is 120 Å². The van der Waals surface area contributed by atoms with Crippen LogP contribution in [0, 0.1) is 6.92 Å². The van der Waals surface area contributed by atoms with Crippen LogP contribution < -0.4 is 4.72 Å². The third-order valence-corrected chi connectivity index (χ3v) is 4.22. The average molecular weight is 318 g/mol. The smallest absolute Gasteiger partial charge is 0.263 e. The summed E-state index contributed by atoms with van der Waals surface area (Å²) in [6.07, 6.45) is 1.36. The van der Waals surface area contributed by atoms with Gasteiger partial charge in [0.2, 0.25) is 5.28 Å². The van der Waals surface area contributed by atoms with E-state index in [0.717, 1.165) is 0 Å². The van der Waals surface area contributed by atoms with Gasteiger partial charge in [-0.2, -0.15) is 4.98 Å². The summed E-state index contributed by atoms with van der Waals surface area (Å²) in [5, 5.41) is 0.439. The molecule has 0 saturated carbocycles. The zero-order chi connectivity index (χ0) is 14.0. The fourth-order valence-corrected chi connectivity index (χ4v) is 3.10. The predicted molar refractivity (Wildman–Crippen MR) is 74.0 cm³/mol. The van der Waals surface area contributed by atoms with Crippen molar-refractivity contribution in [2.24, 2.45) is 0 Å². The molecule has 0 fully saturated rings. The van der Waals surface area contributed by atoms with Gasteiger partial charge in [0.1, 0.15) is 5.82 Å². The van der Waals surface area contributed by atoms with Crippen LogP contribution in [0.15, 0.2) is 35.4 Å². The summed E-state index contributed by atoms with van der Waals surface area (Å²) in [5.41, 5.74) is 0.542. The first-order valence-corrected chi connectivity index (χ1v) is 7.40. The zero-order valence-electron chi connectivity index (χ0n) is 9.76. The summed E-state index contributed by atoms with van der Waals surface area (Å²) >= 11 is 11.4. The van der Waals surface area contributed by atoms with Crippen molar-refractivity contribution in [2.75, 3.05) is 4.72 Å². The number of nitrogens with zero attached hydrogens (tertiary/aromatic N) is 2. The molecule has 0 aliphatic carbocycles. The Kier molecular flexibility index (Phi) is 3.93. The highest BCUT2D eigenvalue weighted by Crippen LogP contribution is 2.21. The van der Waals surface area contributed by atoms with Gasteiger partial charge in [0.05, 0.1) is 4.90 Å². The second-order valence-corrected chi connectivity index (χ2v) is 6.15. The van der Waals surface area contributed by atoms with Crippen LogP contribution in [-0.4, -0.2) is 18.4 Å². The summed E-state index contributed by atoms with van der Waals surface area (Å²) in [5.74, 6) is 0.106. The molecule has 1 heterocycles. The maximum atomic E-state index is 12.2. The molecule has 2 rings (SSSR count). The highest BCUT2D eigenvalue weighted by Gasteiger charge is 2.17. The highest BCUT2D eigenvalue weighted by atomic mass is 35.5. The molecule has 100 valence electrons. The van der Waals surface area contributed by atoms with E-state index >= 15 is 0 Å². The topological polar surface area (TPSA) is 72.0 Å². The maximum Gasteiger partial charge on any atom is 0.263 e. The molecular weight excluding hydrogens is 309 g/mol. The van der Waals surface area contributed by atoms with Gasteiger partial charge in [-0.25, -0.2) is 13.4 Å². The number of nitrogens with one attached hydrogen (secondary N) is 1. The van der Waals surface area contributed by atoms with Gasteiger partial charge >= 0.3 is 0 Å². The van der Waals surface area contributed by atoms with Crippen LogP contribution in [0.25, 0.3) is 0 Å². The van der Waals surface area contributed by atoms with Crippen LogP contribution in [0.5, 0.6) is 0 Å². The van der Waals surface area contributed by atoms with E-state index in [1.807, 2.05) is 0 Å². The molecule has 1 N–H and O–H groups in total. The minimum atomic E-state index is -3.74. The Morgan fingerprint density at radius 1 is 1.21 bits per heavy atom. The van der Waals surface area contributed by atoms with Crippen LogP contribution in [0.2, 0.25) is 10.3 Å². The zero-order valence-corrected chi connectivity index (χ0v) is 12.1. The first kappa shape index (κ1) is 14.0. The van der Waals surface area contributed by atoms with Gasteiger partial charge in [0, 0.05) is 11.2 Å². The number of hydrogen-bond acceptors (Lipinski definition) is 4. The van der Waals surface area contributed by atoms with E-state index in [9.17, 15) is 8.42 Å². The van der Waals surface area contributed by atoms with Gasteiger partial charge in [-0.1, -0.05) is 11.6 Å². The first-order valence-electron chi connectivity index (χ1n) is 5.16. The molecule has 1 aromatic heterocycles. The lowest BCUT2D eigenvalue weighted by Crippen LogP contribution is -2.15. The quantitative estimate of drug-likeness (QED) is 0.883. The van der Waals surface area contributed by atoms with Crippen molar-refractivity contribution in [3.8, 4) is 0 Å². The van der Waals surface area contributed by atoms with E-state index in [4.69, 9.17) is 23.2 Å². The Hall–Kier alpha value is -1.37. The lowest BCUT2D eigenvalue weighted by Gasteiger charge is -2.09. The summed E-state index contributed by atoms with van der Waals surface area (Å²) in [4.78, 5) is 7.57. The minimum Gasteiger partial charge on any atom is -0.263 e. The number of sulfonamides is 1. The Balaban J connectivity index is 2.38. The normalized spacial score (nSPS) is 11.3. The largest absolute Gasteiger partial charge is 0.263 e. The van der Waals surface area contributed by atoms with Crippen molar-refractivity contribution in [2.45, 2.75) is 11.8 Å². The molecule has 0 bridgehead atoms. The Morgan fingerprint density at radius 2 is 1.95 bits per heavy atom. The molecular formula is C11H9Cl2N3O2S. The van der Waals surface area contributed by atoms with Crippen LogP contribution in [0.1, 0.15) is 5.56 Å². The number of aromatic nitrogens is 2. The van der Waals surface area contributed by atoms with Crippen LogP contribution >= 0.6 is 23.2 Å². The molecule has 2 aromatic rings. The molecule has 19 heavy (non-hydrogen) atoms. The minimum absolute atomic E-state index is 0.0342. The lowest BCUT2D eigenvalue weighted by molar-refractivity contribution is 0.600. The summed E-state index contributed by atoms with van der Waals surface area (Å²) in [6, 6.07) is 5.93. The Morgan fingerprint density at radius 3 is 2.58 bits per heavy atom. The van der Waals surface area contributed by atoms with E-state index in [2.05, 4.69) is 14.7 Å². The SMILES string of the molecule is Cc1cc(Cl)ccc1S(=O)(=O)Nc1ccnc(Cl)n1. The second kappa shape index (κ2) is 5.32. The van der Waals surface area contributed by atoms with Gasteiger partial charge in [0.25, 0.3) is 10.0 Å². The van der Waals surface area contributed by atoms with Crippen molar-refractivity contribution in [1.82, 2.24) is 9.97 Å². The molecule has 0 aliphatic heterocycles. The van der Waals surface area contributed by atoms with E-state index in [-0.39, 0.29) is 16.0 Å². The molecule has 0 saturated heterocycles. The van der Waals surface area contributed by atoms with Gasteiger partial charge in [-0.3, -0.25) is 4.72 Å². The van der Waals surface area contributed by atoms with Crippen molar-refractivity contribution >= 4 is 39.0 Å². The highest BCUT2D eigenvalue weighted by molar-refractivity contribution is 7.92. The van der Waals surface area contributed by atoms with E-state index in [1.165, 1.54) is 24.4 Å². The van der Waals surface area contributed by atoms with E-state index in [1.54, 1.807) is 13.0 Å². The standard InChI is InChI=1S/C11H9Cl2N3O2S/c1-7-6-8(12)2-3-9(7)19(17,18)16-10-4-5-14-11(13)15-10/h2-6H,1H3,(H,14,15,16).